The van der Waals surface area contributed by atoms with Crippen molar-refractivity contribution in [3.8, 4) is 0 Å². The van der Waals surface area contributed by atoms with Crippen LogP contribution in [-0.4, -0.2) is 59.1 Å². The first-order valence-corrected chi connectivity index (χ1v) is 7.96. The van der Waals surface area contributed by atoms with E-state index in [2.05, 4.69) is 13.8 Å². The van der Waals surface area contributed by atoms with E-state index >= 15 is 0 Å². The molecular formula is C19H19N2NaO4. The van der Waals surface area contributed by atoms with Gasteiger partial charge in [0.05, 0.1) is 11.3 Å². The summed E-state index contributed by atoms with van der Waals surface area (Å²) in [6.45, 7) is 4.09. The van der Waals surface area contributed by atoms with Gasteiger partial charge in [-0.2, -0.15) is 0 Å². The molecule has 1 N–H and O–H groups in total. The van der Waals surface area contributed by atoms with Gasteiger partial charge in [0.2, 0.25) is 0 Å². The van der Waals surface area contributed by atoms with Crippen molar-refractivity contribution < 1.29 is 19.5 Å². The van der Waals surface area contributed by atoms with Crippen molar-refractivity contribution in [1.29, 1.82) is 0 Å². The molecule has 3 rings (SSSR count). The molecule has 0 atom stereocenters. The third kappa shape index (κ3) is 3.82. The maximum atomic E-state index is 12.7. The summed E-state index contributed by atoms with van der Waals surface area (Å²) in [5.74, 6) is -1.12. The molecule has 1 saturated heterocycles. The Kier molecular flexibility index (Phi) is 6.23. The molecule has 2 aromatic rings. The number of rotatable bonds is 4. The van der Waals surface area contributed by atoms with Crippen molar-refractivity contribution in [2.45, 2.75) is 19.8 Å². The number of carbonyl (C=O) groups excluding carboxylic acids is 2. The average Bonchev–Trinajstić information content (AvgIpc) is 2.89. The molecular weight excluding hydrogens is 343 g/mol. The van der Waals surface area contributed by atoms with Gasteiger partial charge in [-0.3, -0.25) is 9.69 Å². The Morgan fingerprint density at radius 2 is 1.69 bits per heavy atom. The number of hydrogen-bond acceptors (Lipinski definition) is 3. The number of anilines is 2. The van der Waals surface area contributed by atoms with Crippen molar-refractivity contribution in [2.24, 2.45) is 0 Å². The molecule has 1 aliphatic heterocycles. The Morgan fingerprint density at radius 3 is 2.27 bits per heavy atom. The van der Waals surface area contributed by atoms with E-state index < -0.39 is 12.0 Å². The third-order valence-electron chi connectivity index (χ3n) is 4.19. The van der Waals surface area contributed by atoms with Crippen LogP contribution in [0.2, 0.25) is 0 Å². The second-order valence-electron chi connectivity index (χ2n) is 6.20. The Hall–Kier alpha value is -2.15. The molecule has 130 valence electrons. The Bertz CT molecular complexity index is 849. The number of nitrogens with zero attached hydrogens (tertiary/aromatic N) is 2. The molecule has 0 bridgehead atoms. The first-order valence-electron chi connectivity index (χ1n) is 7.96. The van der Waals surface area contributed by atoms with Crippen LogP contribution in [0.4, 0.5) is 16.2 Å². The maximum absolute atomic E-state index is 12.7. The molecule has 0 aromatic heterocycles. The molecule has 0 aliphatic carbocycles. The fourth-order valence-electron chi connectivity index (χ4n) is 2.77. The number of amides is 3. The first-order chi connectivity index (χ1) is 11.9. The molecule has 3 amide bonds. The molecule has 0 unspecified atom stereocenters. The number of urea groups is 1. The fraction of sp³-hybridized carbons (Fsp3) is 0.211. The molecule has 6 nitrogen and oxygen atoms in total. The summed E-state index contributed by atoms with van der Waals surface area (Å²) >= 11 is 0. The third-order valence-corrected chi connectivity index (χ3v) is 4.19. The van der Waals surface area contributed by atoms with E-state index in [0.717, 1.165) is 10.5 Å². The zero-order chi connectivity index (χ0) is 18.1. The van der Waals surface area contributed by atoms with Gasteiger partial charge in [0.15, 0.2) is 0 Å². The summed E-state index contributed by atoms with van der Waals surface area (Å²) in [6.07, 6.45) is 0. The first kappa shape index (κ1) is 20.2. The van der Waals surface area contributed by atoms with Gasteiger partial charge in [-0.15, -0.1) is 0 Å². The van der Waals surface area contributed by atoms with E-state index in [1.807, 2.05) is 24.3 Å². The second kappa shape index (κ2) is 8.03. The molecule has 0 spiro atoms. The van der Waals surface area contributed by atoms with Crippen LogP contribution in [0.25, 0.3) is 0 Å². The van der Waals surface area contributed by atoms with Crippen LogP contribution >= 0.6 is 0 Å². The van der Waals surface area contributed by atoms with Crippen LogP contribution in [0.15, 0.2) is 48.5 Å². The van der Waals surface area contributed by atoms with Crippen LogP contribution in [0.1, 0.15) is 35.7 Å². The number of carboxylic acids is 1. The SMILES string of the molecule is CC(C)c1ccc(N2CC(=O)N(c3cccc(C(=O)O)c3)C2=O)cc1.[NaH]. The molecule has 1 aliphatic rings. The van der Waals surface area contributed by atoms with Crippen molar-refractivity contribution in [2.75, 3.05) is 16.3 Å². The van der Waals surface area contributed by atoms with Crippen LogP contribution in [0.5, 0.6) is 0 Å². The molecule has 0 saturated carbocycles. The normalized spacial score (nSPS) is 14.0. The number of aromatic carboxylic acids is 1. The summed E-state index contributed by atoms with van der Waals surface area (Å²) < 4.78 is 0. The van der Waals surface area contributed by atoms with Crippen molar-refractivity contribution in [3.05, 3.63) is 59.7 Å². The number of carboxylic acid groups (broad SMARTS) is 1. The number of hydrogen-bond donors (Lipinski definition) is 1. The summed E-state index contributed by atoms with van der Waals surface area (Å²) in [4.78, 5) is 38.6. The van der Waals surface area contributed by atoms with E-state index in [0.29, 0.717) is 11.6 Å². The fourth-order valence-corrected chi connectivity index (χ4v) is 2.77. The molecule has 2 aromatic carbocycles. The van der Waals surface area contributed by atoms with Gasteiger partial charge in [0, 0.05) is 5.69 Å². The van der Waals surface area contributed by atoms with E-state index in [-0.39, 0.29) is 53.3 Å². The van der Waals surface area contributed by atoms with E-state index in [1.54, 1.807) is 6.07 Å². The zero-order valence-corrected chi connectivity index (χ0v) is 14.0. The van der Waals surface area contributed by atoms with Crippen LogP contribution in [0.3, 0.4) is 0 Å². The quantitative estimate of drug-likeness (QED) is 0.670. The minimum atomic E-state index is -1.11. The summed E-state index contributed by atoms with van der Waals surface area (Å²) in [5.41, 5.74) is 2.07. The topological polar surface area (TPSA) is 77.9 Å². The predicted molar refractivity (Wildman–Crippen MR) is 101 cm³/mol. The zero-order valence-electron chi connectivity index (χ0n) is 14.0. The van der Waals surface area contributed by atoms with Gasteiger partial charge in [-0.1, -0.05) is 32.0 Å². The Morgan fingerprint density at radius 1 is 1.04 bits per heavy atom. The van der Waals surface area contributed by atoms with Crippen molar-refractivity contribution >= 4 is 58.8 Å². The molecule has 1 fully saturated rings. The van der Waals surface area contributed by atoms with Crippen molar-refractivity contribution in [3.63, 3.8) is 0 Å². The summed E-state index contributed by atoms with van der Waals surface area (Å²) in [7, 11) is 0. The predicted octanol–water partition coefficient (Wildman–Crippen LogP) is 2.83. The monoisotopic (exact) mass is 362 g/mol. The molecule has 1 heterocycles. The Balaban J connectivity index is 0.00000243. The average molecular weight is 362 g/mol. The van der Waals surface area contributed by atoms with Crippen LogP contribution in [-0.2, 0) is 4.79 Å². The second-order valence-corrected chi connectivity index (χ2v) is 6.20. The van der Waals surface area contributed by atoms with Gasteiger partial charge < -0.3 is 5.11 Å². The number of benzene rings is 2. The van der Waals surface area contributed by atoms with Crippen LogP contribution in [0, 0.1) is 0 Å². The van der Waals surface area contributed by atoms with Gasteiger partial charge in [0.1, 0.15) is 6.54 Å². The number of carbonyl (C=O) groups is 3. The number of imide groups is 1. The minimum absolute atomic E-state index is 0. The van der Waals surface area contributed by atoms with Gasteiger partial charge in [-0.25, -0.2) is 14.5 Å². The van der Waals surface area contributed by atoms with Gasteiger partial charge >= 0.3 is 41.6 Å². The summed E-state index contributed by atoms with van der Waals surface area (Å²) in [5, 5.41) is 9.09. The Labute approximate surface area is 173 Å². The molecule has 0 radical (unpaired) electrons. The van der Waals surface area contributed by atoms with Crippen LogP contribution < -0.4 is 9.80 Å². The molecule has 26 heavy (non-hydrogen) atoms. The van der Waals surface area contributed by atoms with Gasteiger partial charge in [0.25, 0.3) is 5.91 Å². The molecule has 7 heteroatoms. The van der Waals surface area contributed by atoms with Gasteiger partial charge in [-0.05, 0) is 41.8 Å². The summed E-state index contributed by atoms with van der Waals surface area (Å²) in [6, 6.07) is 12.8. The van der Waals surface area contributed by atoms with E-state index in [4.69, 9.17) is 5.11 Å². The van der Waals surface area contributed by atoms with E-state index in [9.17, 15) is 14.4 Å². The standard InChI is InChI=1S/C19H18N2O4.Na.H/c1-12(2)13-6-8-15(9-7-13)20-11-17(22)21(19(20)25)16-5-3-4-14(10-16)18(23)24;;/h3-10,12H,11H2,1-2H3,(H,23,24);;. The van der Waals surface area contributed by atoms with E-state index in [1.165, 1.54) is 23.1 Å². The van der Waals surface area contributed by atoms with Crippen molar-refractivity contribution in [1.82, 2.24) is 0 Å².